The lowest BCUT2D eigenvalue weighted by molar-refractivity contribution is 0.241. The van der Waals surface area contributed by atoms with Gasteiger partial charge in [0.2, 0.25) is 0 Å². The Hall–Kier alpha value is -0.940. The molecule has 0 saturated carbocycles. The third kappa shape index (κ3) is 3.29. The lowest BCUT2D eigenvalue weighted by Crippen LogP contribution is -2.24. The van der Waals surface area contributed by atoms with Gasteiger partial charge in [0.05, 0.1) is 12.6 Å². The molecule has 0 aliphatic rings. The molecule has 5 heteroatoms. The highest BCUT2D eigenvalue weighted by molar-refractivity contribution is 7.09. The van der Waals surface area contributed by atoms with Crippen LogP contribution in [0.15, 0.2) is 35.7 Å². The minimum atomic E-state index is -0.453. The predicted octanol–water partition coefficient (Wildman–Crippen LogP) is 3.36. The number of aliphatic hydroxyl groups excluding tert-OH is 1. The van der Waals surface area contributed by atoms with Crippen molar-refractivity contribution in [2.24, 2.45) is 0 Å². The van der Waals surface area contributed by atoms with Crippen molar-refractivity contribution in [1.82, 2.24) is 5.32 Å². The molecule has 2 N–H and O–H groups in total. The molecule has 1 aromatic heterocycles. The SMILES string of the molecule is OCC(NCc1cccs1)c1cc(Cl)ccc1F. The zero-order valence-corrected chi connectivity index (χ0v) is 11.1. The van der Waals surface area contributed by atoms with Crippen molar-refractivity contribution in [3.05, 3.63) is 57.0 Å². The Morgan fingerprint density at radius 2 is 2.22 bits per heavy atom. The second-order valence-corrected chi connectivity index (χ2v) is 5.33. The molecule has 1 heterocycles. The Morgan fingerprint density at radius 1 is 1.39 bits per heavy atom. The fourth-order valence-electron chi connectivity index (χ4n) is 1.69. The molecule has 0 fully saturated rings. The molecule has 2 rings (SSSR count). The van der Waals surface area contributed by atoms with Gasteiger partial charge in [-0.2, -0.15) is 0 Å². The predicted molar refractivity (Wildman–Crippen MR) is 72.4 cm³/mol. The number of aliphatic hydroxyl groups is 1. The van der Waals surface area contributed by atoms with Gasteiger partial charge in [-0.25, -0.2) is 4.39 Å². The molecule has 1 unspecified atom stereocenters. The van der Waals surface area contributed by atoms with Crippen molar-refractivity contribution in [3.63, 3.8) is 0 Å². The summed E-state index contributed by atoms with van der Waals surface area (Å²) < 4.78 is 13.7. The summed E-state index contributed by atoms with van der Waals surface area (Å²) >= 11 is 7.46. The van der Waals surface area contributed by atoms with Gasteiger partial charge in [0.1, 0.15) is 5.82 Å². The van der Waals surface area contributed by atoms with Crippen LogP contribution in [0.5, 0.6) is 0 Å². The summed E-state index contributed by atoms with van der Waals surface area (Å²) in [5.74, 6) is -0.364. The van der Waals surface area contributed by atoms with Crippen molar-refractivity contribution >= 4 is 22.9 Å². The Morgan fingerprint density at radius 3 is 2.89 bits per heavy atom. The van der Waals surface area contributed by atoms with E-state index in [0.717, 1.165) is 4.88 Å². The third-order valence-corrected chi connectivity index (χ3v) is 3.73. The Kier molecular flexibility index (Phi) is 4.72. The summed E-state index contributed by atoms with van der Waals surface area (Å²) in [6.45, 7) is 0.414. The number of benzene rings is 1. The molecular formula is C13H13ClFNOS. The van der Waals surface area contributed by atoms with E-state index in [-0.39, 0.29) is 12.4 Å². The Labute approximate surface area is 114 Å². The summed E-state index contributed by atoms with van der Waals surface area (Å²) in [5, 5.41) is 14.9. The second kappa shape index (κ2) is 6.29. The summed E-state index contributed by atoms with van der Waals surface area (Å²) in [5.41, 5.74) is 0.390. The Bertz CT molecular complexity index is 504. The molecule has 0 saturated heterocycles. The standard InChI is InChI=1S/C13H13ClFNOS/c14-9-3-4-12(15)11(6-9)13(8-17)16-7-10-2-1-5-18-10/h1-6,13,16-17H,7-8H2. The fourth-order valence-corrected chi connectivity index (χ4v) is 2.53. The average Bonchev–Trinajstić information content (AvgIpc) is 2.87. The highest BCUT2D eigenvalue weighted by atomic mass is 35.5. The molecule has 18 heavy (non-hydrogen) atoms. The normalized spacial score (nSPS) is 12.6. The van der Waals surface area contributed by atoms with Gasteiger partial charge < -0.3 is 10.4 Å². The molecule has 96 valence electrons. The van der Waals surface area contributed by atoms with Crippen molar-refractivity contribution in [1.29, 1.82) is 0 Å². The summed E-state index contributed by atoms with van der Waals surface area (Å²) in [6, 6.07) is 7.84. The van der Waals surface area contributed by atoms with Gasteiger partial charge in [0, 0.05) is 22.0 Å². The van der Waals surface area contributed by atoms with E-state index >= 15 is 0 Å². The molecule has 0 radical (unpaired) electrons. The van der Waals surface area contributed by atoms with Crippen molar-refractivity contribution < 1.29 is 9.50 Å². The van der Waals surface area contributed by atoms with Crippen LogP contribution in [0.2, 0.25) is 5.02 Å². The number of halogens is 2. The average molecular weight is 286 g/mol. The minimum absolute atomic E-state index is 0.178. The van der Waals surface area contributed by atoms with Crippen LogP contribution in [-0.4, -0.2) is 11.7 Å². The van der Waals surface area contributed by atoms with Gasteiger partial charge in [-0.15, -0.1) is 11.3 Å². The van der Waals surface area contributed by atoms with E-state index in [2.05, 4.69) is 5.32 Å². The van der Waals surface area contributed by atoms with Crippen LogP contribution in [0.4, 0.5) is 4.39 Å². The summed E-state index contributed by atoms with van der Waals surface area (Å²) in [6.07, 6.45) is 0. The molecule has 0 bridgehead atoms. The van der Waals surface area contributed by atoms with E-state index in [4.69, 9.17) is 11.6 Å². The lowest BCUT2D eigenvalue weighted by Gasteiger charge is -2.17. The van der Waals surface area contributed by atoms with Gasteiger partial charge in [-0.05, 0) is 29.6 Å². The molecule has 1 aromatic carbocycles. The van der Waals surface area contributed by atoms with Gasteiger partial charge in [-0.1, -0.05) is 17.7 Å². The molecule has 0 aliphatic carbocycles. The largest absolute Gasteiger partial charge is 0.394 e. The lowest BCUT2D eigenvalue weighted by atomic mass is 10.1. The Balaban J connectivity index is 2.10. The van der Waals surface area contributed by atoms with Gasteiger partial charge in [-0.3, -0.25) is 0 Å². The van der Waals surface area contributed by atoms with Crippen LogP contribution < -0.4 is 5.32 Å². The van der Waals surface area contributed by atoms with E-state index in [1.165, 1.54) is 12.1 Å². The molecule has 0 aliphatic heterocycles. The second-order valence-electron chi connectivity index (χ2n) is 3.86. The summed E-state index contributed by atoms with van der Waals surface area (Å²) in [7, 11) is 0. The quantitative estimate of drug-likeness (QED) is 0.883. The number of thiophene rings is 1. The third-order valence-electron chi connectivity index (χ3n) is 2.62. The highest BCUT2D eigenvalue weighted by Gasteiger charge is 2.15. The molecule has 2 nitrogen and oxygen atoms in total. The topological polar surface area (TPSA) is 32.3 Å². The molecular weight excluding hydrogens is 273 g/mol. The zero-order valence-electron chi connectivity index (χ0n) is 9.57. The van der Waals surface area contributed by atoms with Crippen LogP contribution in [0.3, 0.4) is 0 Å². The van der Waals surface area contributed by atoms with E-state index in [0.29, 0.717) is 17.1 Å². The molecule has 2 aromatic rings. The van der Waals surface area contributed by atoms with E-state index < -0.39 is 6.04 Å². The van der Waals surface area contributed by atoms with Gasteiger partial charge in [0.15, 0.2) is 0 Å². The smallest absolute Gasteiger partial charge is 0.128 e. The maximum absolute atomic E-state index is 13.7. The zero-order chi connectivity index (χ0) is 13.0. The molecule has 1 atom stereocenters. The van der Waals surface area contributed by atoms with Crippen LogP contribution in [-0.2, 0) is 6.54 Å². The van der Waals surface area contributed by atoms with Crippen molar-refractivity contribution in [3.8, 4) is 0 Å². The molecule has 0 spiro atoms. The van der Waals surface area contributed by atoms with Crippen LogP contribution >= 0.6 is 22.9 Å². The van der Waals surface area contributed by atoms with Gasteiger partial charge >= 0.3 is 0 Å². The van der Waals surface area contributed by atoms with E-state index in [9.17, 15) is 9.50 Å². The first kappa shape index (κ1) is 13.5. The maximum Gasteiger partial charge on any atom is 0.128 e. The highest BCUT2D eigenvalue weighted by Crippen LogP contribution is 2.22. The van der Waals surface area contributed by atoms with Crippen LogP contribution in [0, 0.1) is 5.82 Å². The molecule has 0 amide bonds. The first-order valence-electron chi connectivity index (χ1n) is 5.52. The first-order chi connectivity index (χ1) is 8.70. The first-order valence-corrected chi connectivity index (χ1v) is 6.78. The minimum Gasteiger partial charge on any atom is -0.394 e. The van der Waals surface area contributed by atoms with Gasteiger partial charge in [0.25, 0.3) is 0 Å². The van der Waals surface area contributed by atoms with E-state index in [1.807, 2.05) is 17.5 Å². The van der Waals surface area contributed by atoms with E-state index in [1.54, 1.807) is 17.4 Å². The van der Waals surface area contributed by atoms with Crippen molar-refractivity contribution in [2.75, 3.05) is 6.61 Å². The number of rotatable bonds is 5. The fraction of sp³-hybridized carbons (Fsp3) is 0.231. The monoisotopic (exact) mass is 285 g/mol. The van der Waals surface area contributed by atoms with Crippen LogP contribution in [0.1, 0.15) is 16.5 Å². The van der Waals surface area contributed by atoms with Crippen molar-refractivity contribution in [2.45, 2.75) is 12.6 Å². The number of hydrogen-bond donors (Lipinski definition) is 2. The van der Waals surface area contributed by atoms with Crippen LogP contribution in [0.25, 0.3) is 0 Å². The number of nitrogens with one attached hydrogen (secondary N) is 1. The summed E-state index contributed by atoms with van der Waals surface area (Å²) in [4.78, 5) is 1.14. The number of hydrogen-bond acceptors (Lipinski definition) is 3. The maximum atomic E-state index is 13.7.